The average Bonchev–Trinajstić information content (AvgIpc) is 2.29. The summed E-state index contributed by atoms with van der Waals surface area (Å²) >= 11 is 3.39. The topological polar surface area (TPSA) is 46.2 Å². The summed E-state index contributed by atoms with van der Waals surface area (Å²) in [5, 5.41) is 0.535. The molecule has 0 aliphatic carbocycles. The molecular formula is C12H18BrNO2S. The minimum absolute atomic E-state index is 0.155. The maximum absolute atomic E-state index is 11.8. The molecule has 0 heterocycles. The summed E-state index contributed by atoms with van der Waals surface area (Å²) in [6, 6.07) is 9.58. The Hall–Kier alpha value is -0.390. The van der Waals surface area contributed by atoms with E-state index in [9.17, 15) is 8.42 Å². The average molecular weight is 320 g/mol. The molecule has 1 rings (SSSR count). The predicted molar refractivity (Wildman–Crippen MR) is 74.8 cm³/mol. The zero-order valence-corrected chi connectivity index (χ0v) is 12.5. The lowest BCUT2D eigenvalue weighted by atomic mass is 9.96. The number of sulfonamides is 1. The van der Waals surface area contributed by atoms with Crippen molar-refractivity contribution in [3.05, 3.63) is 35.9 Å². The van der Waals surface area contributed by atoms with Crippen molar-refractivity contribution in [1.29, 1.82) is 0 Å². The molecule has 3 nitrogen and oxygen atoms in total. The van der Waals surface area contributed by atoms with E-state index >= 15 is 0 Å². The highest BCUT2D eigenvalue weighted by Crippen LogP contribution is 2.24. The van der Waals surface area contributed by atoms with Gasteiger partial charge in [-0.2, -0.15) is 0 Å². The van der Waals surface area contributed by atoms with Gasteiger partial charge in [-0.3, -0.25) is 0 Å². The molecule has 17 heavy (non-hydrogen) atoms. The lowest BCUT2D eigenvalue weighted by molar-refractivity contribution is 0.482. The minimum atomic E-state index is -3.23. The van der Waals surface area contributed by atoms with E-state index in [2.05, 4.69) is 20.7 Å². The van der Waals surface area contributed by atoms with Gasteiger partial charge in [0, 0.05) is 5.33 Å². The molecule has 0 radical (unpaired) electrons. The largest absolute Gasteiger partial charge is 0.212 e. The van der Waals surface area contributed by atoms with Crippen LogP contribution >= 0.6 is 15.9 Å². The molecule has 0 aliphatic heterocycles. The highest BCUT2D eigenvalue weighted by Gasteiger charge is 2.29. The standard InChI is InChI=1S/C12H18BrNO2S/c1-3-9-17(15,16)14-12(2,10-13)11-7-5-4-6-8-11/h4-8,14H,3,9-10H2,1-2H3. The summed E-state index contributed by atoms with van der Waals surface area (Å²) in [6.45, 7) is 3.73. The van der Waals surface area contributed by atoms with Crippen molar-refractivity contribution in [2.24, 2.45) is 0 Å². The number of hydrogen-bond donors (Lipinski definition) is 1. The van der Waals surface area contributed by atoms with Crippen LogP contribution in [0.15, 0.2) is 30.3 Å². The van der Waals surface area contributed by atoms with Crippen molar-refractivity contribution < 1.29 is 8.42 Å². The molecule has 0 fully saturated rings. The number of alkyl halides is 1. The van der Waals surface area contributed by atoms with E-state index < -0.39 is 15.6 Å². The monoisotopic (exact) mass is 319 g/mol. The third kappa shape index (κ3) is 4.08. The van der Waals surface area contributed by atoms with Gasteiger partial charge in [0.15, 0.2) is 0 Å². The highest BCUT2D eigenvalue weighted by molar-refractivity contribution is 9.09. The van der Waals surface area contributed by atoms with Crippen LogP contribution in [0, 0.1) is 0 Å². The van der Waals surface area contributed by atoms with E-state index in [1.54, 1.807) is 0 Å². The van der Waals surface area contributed by atoms with Crippen molar-refractivity contribution in [1.82, 2.24) is 4.72 Å². The molecule has 0 amide bonds. The zero-order valence-electron chi connectivity index (χ0n) is 10.1. The van der Waals surface area contributed by atoms with Crippen LogP contribution < -0.4 is 4.72 Å². The van der Waals surface area contributed by atoms with Gasteiger partial charge in [0.25, 0.3) is 0 Å². The Morgan fingerprint density at radius 1 is 1.29 bits per heavy atom. The summed E-state index contributed by atoms with van der Waals surface area (Å²) < 4.78 is 26.5. The van der Waals surface area contributed by atoms with Crippen LogP contribution in [0.25, 0.3) is 0 Å². The SMILES string of the molecule is CCCS(=O)(=O)NC(C)(CBr)c1ccccc1. The Morgan fingerprint density at radius 2 is 1.88 bits per heavy atom. The molecule has 96 valence electrons. The van der Waals surface area contributed by atoms with Gasteiger partial charge >= 0.3 is 0 Å². The fourth-order valence-corrected chi connectivity index (χ4v) is 3.80. The summed E-state index contributed by atoms with van der Waals surface area (Å²) in [5.41, 5.74) is 0.353. The first-order chi connectivity index (χ1) is 7.93. The van der Waals surface area contributed by atoms with Crippen molar-refractivity contribution in [3.63, 3.8) is 0 Å². The van der Waals surface area contributed by atoms with E-state index in [4.69, 9.17) is 0 Å². The Labute approximate surface area is 112 Å². The van der Waals surface area contributed by atoms with Gasteiger partial charge in [-0.15, -0.1) is 0 Å². The van der Waals surface area contributed by atoms with Crippen molar-refractivity contribution in [2.45, 2.75) is 25.8 Å². The van der Waals surface area contributed by atoms with Gasteiger partial charge in [-0.25, -0.2) is 13.1 Å². The molecule has 5 heteroatoms. The van der Waals surface area contributed by atoms with E-state index in [1.165, 1.54) is 0 Å². The smallest absolute Gasteiger partial charge is 0.212 e. The van der Waals surface area contributed by atoms with Crippen LogP contribution in [-0.4, -0.2) is 19.5 Å². The summed E-state index contributed by atoms with van der Waals surface area (Å²) in [6.07, 6.45) is 0.614. The molecule has 0 spiro atoms. The lowest BCUT2D eigenvalue weighted by Crippen LogP contribution is -2.45. The summed E-state index contributed by atoms with van der Waals surface area (Å²) in [4.78, 5) is 0. The van der Waals surface area contributed by atoms with Crippen LogP contribution in [0.4, 0.5) is 0 Å². The number of hydrogen-bond acceptors (Lipinski definition) is 2. The molecule has 1 aromatic carbocycles. The molecule has 0 aliphatic rings. The van der Waals surface area contributed by atoms with Gasteiger partial charge in [0.2, 0.25) is 10.0 Å². The number of benzene rings is 1. The summed E-state index contributed by atoms with van der Waals surface area (Å²) in [5.74, 6) is 0.155. The molecule has 0 saturated carbocycles. The quantitative estimate of drug-likeness (QED) is 0.819. The predicted octanol–water partition coefficient (Wildman–Crippen LogP) is 2.63. The number of rotatable bonds is 6. The highest BCUT2D eigenvalue weighted by atomic mass is 79.9. The molecule has 1 unspecified atom stereocenters. The van der Waals surface area contributed by atoms with Gasteiger partial charge in [-0.05, 0) is 18.9 Å². The van der Waals surface area contributed by atoms with Gasteiger partial charge in [-0.1, -0.05) is 53.2 Å². The molecule has 0 aromatic heterocycles. The van der Waals surface area contributed by atoms with Gasteiger partial charge < -0.3 is 0 Å². The van der Waals surface area contributed by atoms with Crippen LogP contribution in [-0.2, 0) is 15.6 Å². The fraction of sp³-hybridized carbons (Fsp3) is 0.500. The van der Waals surface area contributed by atoms with Crippen LogP contribution in [0.1, 0.15) is 25.8 Å². The zero-order chi connectivity index (χ0) is 12.9. The second-order valence-corrected chi connectivity index (χ2v) is 6.66. The number of halogens is 1. The fourth-order valence-electron chi connectivity index (χ4n) is 1.63. The second-order valence-electron chi connectivity index (χ2n) is 4.25. The molecule has 1 aromatic rings. The normalized spacial score (nSPS) is 15.5. The maximum atomic E-state index is 11.8. The Bertz CT molecular complexity index is 447. The molecule has 1 atom stereocenters. The van der Waals surface area contributed by atoms with Gasteiger partial charge in [0.1, 0.15) is 0 Å². The van der Waals surface area contributed by atoms with Gasteiger partial charge in [0.05, 0.1) is 11.3 Å². The van der Waals surface area contributed by atoms with Crippen molar-refractivity contribution in [3.8, 4) is 0 Å². The first kappa shape index (κ1) is 14.7. The van der Waals surface area contributed by atoms with E-state index in [-0.39, 0.29) is 5.75 Å². The molecule has 0 bridgehead atoms. The second kappa shape index (κ2) is 5.98. The third-order valence-corrected chi connectivity index (χ3v) is 5.36. The van der Waals surface area contributed by atoms with Crippen LogP contribution in [0.3, 0.4) is 0 Å². The Morgan fingerprint density at radius 3 is 2.35 bits per heavy atom. The Kier molecular flexibility index (Phi) is 5.16. The van der Waals surface area contributed by atoms with E-state index in [0.29, 0.717) is 11.8 Å². The Balaban J connectivity index is 2.98. The van der Waals surface area contributed by atoms with Crippen molar-refractivity contribution in [2.75, 3.05) is 11.1 Å². The van der Waals surface area contributed by atoms with Crippen LogP contribution in [0.2, 0.25) is 0 Å². The minimum Gasteiger partial charge on any atom is -0.212 e. The van der Waals surface area contributed by atoms with E-state index in [0.717, 1.165) is 5.56 Å². The van der Waals surface area contributed by atoms with Crippen LogP contribution in [0.5, 0.6) is 0 Å². The van der Waals surface area contributed by atoms with Crippen molar-refractivity contribution >= 4 is 26.0 Å². The number of nitrogens with one attached hydrogen (secondary N) is 1. The molecule has 0 saturated heterocycles. The lowest BCUT2D eigenvalue weighted by Gasteiger charge is -2.29. The molecule has 1 N–H and O–H groups in total. The molecular weight excluding hydrogens is 302 g/mol. The first-order valence-corrected chi connectivity index (χ1v) is 8.34. The maximum Gasteiger partial charge on any atom is 0.212 e. The summed E-state index contributed by atoms with van der Waals surface area (Å²) in [7, 11) is -3.23. The first-order valence-electron chi connectivity index (χ1n) is 5.56. The third-order valence-electron chi connectivity index (χ3n) is 2.53. The van der Waals surface area contributed by atoms with E-state index in [1.807, 2.05) is 44.2 Å².